The summed E-state index contributed by atoms with van der Waals surface area (Å²) in [6, 6.07) is 5.85. The van der Waals surface area contributed by atoms with Gasteiger partial charge in [-0.1, -0.05) is 0 Å². The Morgan fingerprint density at radius 2 is 1.67 bits per heavy atom. The molecular formula is C21H20F6N2S. The van der Waals surface area contributed by atoms with Crippen LogP contribution in [0.25, 0.3) is 21.8 Å². The molecular weight excluding hydrogens is 426 g/mol. The molecule has 4 rings (SSSR count). The summed E-state index contributed by atoms with van der Waals surface area (Å²) in [6.07, 6.45) is -5.18. The Balaban J connectivity index is 2.10. The Kier molecular flexibility index (Phi) is 5.47. The Morgan fingerprint density at radius 1 is 0.933 bits per heavy atom. The molecule has 1 aliphatic rings. The second-order valence-electron chi connectivity index (χ2n) is 7.47. The molecule has 0 unspecified atom stereocenters. The van der Waals surface area contributed by atoms with Crippen molar-refractivity contribution in [3.8, 4) is 0 Å². The van der Waals surface area contributed by atoms with Crippen molar-refractivity contribution in [2.45, 2.75) is 42.6 Å². The number of aromatic nitrogens is 1. The fourth-order valence-electron chi connectivity index (χ4n) is 4.37. The smallest absolute Gasteiger partial charge is 0.337 e. The molecule has 0 bridgehead atoms. The minimum Gasteiger partial charge on any atom is -0.337 e. The number of benzene rings is 2. The van der Waals surface area contributed by atoms with E-state index < -0.39 is 23.5 Å². The second kappa shape index (κ2) is 7.67. The lowest BCUT2D eigenvalue weighted by molar-refractivity contribution is -0.139. The average Bonchev–Trinajstić information content (AvgIpc) is 2.81. The van der Waals surface area contributed by atoms with E-state index in [-0.39, 0.29) is 21.7 Å². The summed E-state index contributed by atoms with van der Waals surface area (Å²) in [5, 5.41) is 3.76. The van der Waals surface area contributed by atoms with Crippen LogP contribution in [0, 0.1) is 0 Å². The van der Waals surface area contributed by atoms with Gasteiger partial charge in [0.05, 0.1) is 16.6 Å². The zero-order chi connectivity index (χ0) is 21.7. The Morgan fingerprint density at radius 3 is 2.33 bits per heavy atom. The summed E-state index contributed by atoms with van der Waals surface area (Å²) in [5.41, 5.74) is -0.587. The van der Waals surface area contributed by atoms with Gasteiger partial charge in [-0.3, -0.25) is 0 Å². The van der Waals surface area contributed by atoms with Gasteiger partial charge in [-0.05, 0) is 68.9 Å². The largest absolute Gasteiger partial charge is 0.417 e. The number of fused-ring (bicyclic) bond motifs is 3. The van der Waals surface area contributed by atoms with Crippen molar-refractivity contribution in [2.75, 3.05) is 19.3 Å². The maximum atomic E-state index is 13.6. The highest BCUT2D eigenvalue weighted by atomic mass is 32.2. The number of rotatable bonds is 2. The van der Waals surface area contributed by atoms with Crippen LogP contribution in [0.1, 0.15) is 36.4 Å². The van der Waals surface area contributed by atoms with Gasteiger partial charge in [0.15, 0.2) is 0 Å². The van der Waals surface area contributed by atoms with Crippen molar-refractivity contribution in [1.29, 1.82) is 0 Å². The quantitative estimate of drug-likeness (QED) is 0.342. The van der Waals surface area contributed by atoms with Crippen molar-refractivity contribution in [1.82, 2.24) is 9.88 Å². The monoisotopic (exact) mass is 446 g/mol. The lowest BCUT2D eigenvalue weighted by Crippen LogP contribution is -2.15. The van der Waals surface area contributed by atoms with Crippen LogP contribution >= 0.6 is 11.8 Å². The van der Waals surface area contributed by atoms with E-state index in [2.05, 4.69) is 5.32 Å². The number of nitrogens with zero attached hydrogens (tertiary/aromatic N) is 1. The lowest BCUT2D eigenvalue weighted by atomic mass is 10.1. The molecule has 0 amide bonds. The van der Waals surface area contributed by atoms with Gasteiger partial charge in [0.2, 0.25) is 0 Å². The summed E-state index contributed by atoms with van der Waals surface area (Å²) in [4.78, 5) is -0.0326. The van der Waals surface area contributed by atoms with E-state index in [9.17, 15) is 26.3 Å². The Hall–Kier alpha value is -1.87. The van der Waals surface area contributed by atoms with Gasteiger partial charge in [0.1, 0.15) is 0 Å². The van der Waals surface area contributed by atoms with E-state index in [0.29, 0.717) is 11.0 Å². The van der Waals surface area contributed by atoms with Gasteiger partial charge in [-0.2, -0.15) is 26.3 Å². The molecule has 162 valence electrons. The highest BCUT2D eigenvalue weighted by Gasteiger charge is 2.36. The topological polar surface area (TPSA) is 17.0 Å². The van der Waals surface area contributed by atoms with Crippen LogP contribution in [0.3, 0.4) is 0 Å². The molecule has 0 aliphatic carbocycles. The van der Waals surface area contributed by atoms with Gasteiger partial charge in [0, 0.05) is 27.2 Å². The number of hydrogen-bond donors (Lipinski definition) is 1. The first-order chi connectivity index (χ1) is 14.1. The number of thioether (sulfide) groups is 1. The third-order valence-corrected chi connectivity index (χ3v) is 6.50. The fraction of sp³-hybridized carbons (Fsp3) is 0.429. The molecule has 1 aliphatic heterocycles. The van der Waals surface area contributed by atoms with E-state index >= 15 is 0 Å². The zero-order valence-corrected chi connectivity index (χ0v) is 16.9. The first-order valence-electron chi connectivity index (χ1n) is 9.62. The predicted molar refractivity (Wildman–Crippen MR) is 107 cm³/mol. The molecule has 2 heterocycles. The number of halogens is 6. The van der Waals surface area contributed by atoms with Crippen LogP contribution in [-0.4, -0.2) is 23.9 Å². The molecule has 2 aromatic carbocycles. The Bertz CT molecular complexity index is 1080. The summed E-state index contributed by atoms with van der Waals surface area (Å²) >= 11 is 0.917. The molecule has 2 nitrogen and oxygen atoms in total. The first-order valence-corrected chi connectivity index (χ1v) is 10.8. The van der Waals surface area contributed by atoms with Crippen LogP contribution in [0.2, 0.25) is 0 Å². The van der Waals surface area contributed by atoms with Gasteiger partial charge < -0.3 is 9.88 Å². The predicted octanol–water partition coefficient (Wildman–Crippen LogP) is 6.87. The molecule has 3 aromatic rings. The summed E-state index contributed by atoms with van der Waals surface area (Å²) in [7, 11) is 0. The zero-order valence-electron chi connectivity index (χ0n) is 16.1. The molecule has 0 radical (unpaired) electrons. The minimum absolute atomic E-state index is 0.00294. The van der Waals surface area contributed by atoms with Crippen molar-refractivity contribution < 1.29 is 26.3 Å². The number of nitrogens with one attached hydrogen (secondary N) is 1. The third kappa shape index (κ3) is 3.66. The highest BCUT2D eigenvalue weighted by Crippen LogP contribution is 2.46. The Labute approximate surface area is 173 Å². The van der Waals surface area contributed by atoms with E-state index in [1.54, 1.807) is 0 Å². The van der Waals surface area contributed by atoms with Crippen LogP contribution in [-0.2, 0) is 12.4 Å². The molecule has 30 heavy (non-hydrogen) atoms. The van der Waals surface area contributed by atoms with Gasteiger partial charge in [0.25, 0.3) is 0 Å². The van der Waals surface area contributed by atoms with Crippen LogP contribution in [0.5, 0.6) is 0 Å². The first kappa shape index (κ1) is 21.4. The van der Waals surface area contributed by atoms with E-state index in [4.69, 9.17) is 0 Å². The summed E-state index contributed by atoms with van der Waals surface area (Å²) in [6.45, 7) is 1.60. The lowest BCUT2D eigenvalue weighted by Gasteiger charge is -2.20. The number of alkyl halides is 6. The number of hydrogen-bond acceptors (Lipinski definition) is 2. The van der Waals surface area contributed by atoms with E-state index in [1.807, 2.05) is 4.57 Å². The molecule has 0 spiro atoms. The van der Waals surface area contributed by atoms with Crippen LogP contribution in [0.4, 0.5) is 26.3 Å². The molecule has 1 atom stereocenters. The maximum Gasteiger partial charge on any atom is 0.417 e. The molecule has 1 aromatic heterocycles. The van der Waals surface area contributed by atoms with Crippen molar-refractivity contribution in [2.24, 2.45) is 0 Å². The van der Waals surface area contributed by atoms with Crippen LogP contribution < -0.4 is 5.32 Å². The SMILES string of the molecule is CSc1c(C(F)(F)F)ccc2c1c1cc(C(F)(F)F)ccc1n2[C@@H]1CCCNCC1. The molecule has 1 N–H and O–H groups in total. The molecule has 1 fully saturated rings. The van der Waals surface area contributed by atoms with E-state index in [0.717, 1.165) is 62.3 Å². The van der Waals surface area contributed by atoms with Crippen molar-refractivity contribution >= 4 is 33.6 Å². The molecule has 9 heteroatoms. The standard InChI is InChI=1S/C21H20F6N2S/c1-30-19-15(21(25,26)27)5-7-17-18(19)14-11-12(20(22,23)24)4-6-16(14)29(17)13-3-2-9-28-10-8-13/h4-7,11,13,28H,2-3,8-10H2,1H3/t13-/m1/s1. The van der Waals surface area contributed by atoms with Crippen molar-refractivity contribution in [3.05, 3.63) is 41.5 Å². The summed E-state index contributed by atoms with van der Waals surface area (Å²) in [5.74, 6) is 0. The van der Waals surface area contributed by atoms with Gasteiger partial charge in [-0.25, -0.2) is 0 Å². The van der Waals surface area contributed by atoms with Crippen LogP contribution in [0.15, 0.2) is 35.2 Å². The van der Waals surface area contributed by atoms with Gasteiger partial charge >= 0.3 is 12.4 Å². The highest BCUT2D eigenvalue weighted by molar-refractivity contribution is 7.98. The van der Waals surface area contributed by atoms with Gasteiger partial charge in [-0.15, -0.1) is 11.8 Å². The maximum absolute atomic E-state index is 13.6. The van der Waals surface area contributed by atoms with E-state index in [1.165, 1.54) is 18.4 Å². The van der Waals surface area contributed by atoms with Crippen molar-refractivity contribution in [3.63, 3.8) is 0 Å². The molecule has 1 saturated heterocycles. The average molecular weight is 446 g/mol. The normalized spacial score (nSPS) is 18.8. The molecule has 0 saturated carbocycles. The third-order valence-electron chi connectivity index (χ3n) is 5.67. The summed E-state index contributed by atoms with van der Waals surface area (Å²) < 4.78 is 83.0. The fourth-order valence-corrected chi connectivity index (χ4v) is 5.20. The second-order valence-corrected chi connectivity index (χ2v) is 8.29. The minimum atomic E-state index is -4.59.